The van der Waals surface area contributed by atoms with Crippen molar-refractivity contribution in [2.45, 2.75) is 12.6 Å². The fraction of sp³-hybridized carbons (Fsp3) is 0.250. The van der Waals surface area contributed by atoms with E-state index in [1.807, 2.05) is 16.8 Å². The SMILES string of the molecule is O=C(O)c1coc(CNCC(O)c2ccsc2)c1. The van der Waals surface area contributed by atoms with E-state index in [4.69, 9.17) is 9.52 Å². The topological polar surface area (TPSA) is 82.7 Å². The lowest BCUT2D eigenvalue weighted by molar-refractivity contribution is 0.0696. The van der Waals surface area contributed by atoms with Crippen molar-refractivity contribution in [3.8, 4) is 0 Å². The summed E-state index contributed by atoms with van der Waals surface area (Å²) in [6, 6.07) is 3.33. The minimum atomic E-state index is -1.01. The first-order valence-corrected chi connectivity index (χ1v) is 6.32. The Hall–Kier alpha value is -1.63. The number of aliphatic hydroxyl groups excluding tert-OH is 1. The Labute approximate surface area is 108 Å². The number of nitrogens with one attached hydrogen (secondary N) is 1. The first kappa shape index (κ1) is 12.8. The van der Waals surface area contributed by atoms with Gasteiger partial charge in [0.15, 0.2) is 0 Å². The molecule has 2 aromatic rings. The van der Waals surface area contributed by atoms with E-state index in [1.54, 1.807) is 0 Å². The molecule has 0 saturated carbocycles. The molecule has 0 aliphatic rings. The summed E-state index contributed by atoms with van der Waals surface area (Å²) in [5, 5.41) is 25.3. The second kappa shape index (κ2) is 5.81. The van der Waals surface area contributed by atoms with E-state index in [9.17, 15) is 9.90 Å². The molecule has 0 aromatic carbocycles. The number of carbonyl (C=O) groups is 1. The van der Waals surface area contributed by atoms with Crippen molar-refractivity contribution in [3.05, 3.63) is 46.0 Å². The van der Waals surface area contributed by atoms with Gasteiger partial charge in [0, 0.05) is 6.54 Å². The molecule has 0 amide bonds. The summed E-state index contributed by atoms with van der Waals surface area (Å²) < 4.78 is 5.08. The van der Waals surface area contributed by atoms with Crippen molar-refractivity contribution in [1.29, 1.82) is 0 Å². The average Bonchev–Trinajstić information content (AvgIpc) is 3.00. The first-order chi connectivity index (χ1) is 8.66. The first-order valence-electron chi connectivity index (χ1n) is 5.38. The van der Waals surface area contributed by atoms with Crippen LogP contribution in [0.3, 0.4) is 0 Å². The average molecular weight is 267 g/mol. The van der Waals surface area contributed by atoms with E-state index >= 15 is 0 Å². The summed E-state index contributed by atoms with van der Waals surface area (Å²) in [6.45, 7) is 0.772. The number of hydrogen-bond acceptors (Lipinski definition) is 5. The quantitative estimate of drug-likeness (QED) is 0.744. The molecule has 2 rings (SSSR count). The number of carboxylic acid groups (broad SMARTS) is 1. The zero-order valence-electron chi connectivity index (χ0n) is 9.50. The Morgan fingerprint density at radius 1 is 1.56 bits per heavy atom. The smallest absolute Gasteiger partial charge is 0.338 e. The molecule has 5 nitrogen and oxygen atoms in total. The minimum Gasteiger partial charge on any atom is -0.478 e. The number of thiophene rings is 1. The molecule has 18 heavy (non-hydrogen) atoms. The van der Waals surface area contributed by atoms with Crippen molar-refractivity contribution in [2.75, 3.05) is 6.54 Å². The van der Waals surface area contributed by atoms with Crippen LogP contribution in [0, 0.1) is 0 Å². The molecule has 0 bridgehead atoms. The van der Waals surface area contributed by atoms with Crippen molar-refractivity contribution in [1.82, 2.24) is 5.32 Å². The molecule has 1 unspecified atom stereocenters. The normalized spacial score (nSPS) is 12.5. The van der Waals surface area contributed by atoms with Crippen LogP contribution in [0.25, 0.3) is 0 Å². The Bertz CT molecular complexity index is 506. The maximum absolute atomic E-state index is 10.6. The Kier molecular flexibility index (Phi) is 4.14. The van der Waals surface area contributed by atoms with Gasteiger partial charge in [-0.1, -0.05) is 0 Å². The number of furan rings is 1. The van der Waals surface area contributed by atoms with E-state index < -0.39 is 12.1 Å². The fourth-order valence-electron chi connectivity index (χ4n) is 1.50. The van der Waals surface area contributed by atoms with Gasteiger partial charge in [0.1, 0.15) is 12.0 Å². The summed E-state index contributed by atoms with van der Waals surface area (Å²) >= 11 is 1.53. The molecule has 6 heteroatoms. The zero-order valence-corrected chi connectivity index (χ0v) is 10.3. The molecule has 0 radical (unpaired) electrons. The number of rotatable bonds is 6. The van der Waals surface area contributed by atoms with Gasteiger partial charge in [-0.25, -0.2) is 4.79 Å². The van der Waals surface area contributed by atoms with Crippen LogP contribution in [0.15, 0.2) is 33.6 Å². The highest BCUT2D eigenvalue weighted by Crippen LogP contribution is 2.15. The highest BCUT2D eigenvalue weighted by Gasteiger charge is 2.10. The minimum absolute atomic E-state index is 0.130. The molecular weight excluding hydrogens is 254 g/mol. The summed E-state index contributed by atoms with van der Waals surface area (Å²) in [6.07, 6.45) is 0.638. The van der Waals surface area contributed by atoms with Crippen LogP contribution in [0.4, 0.5) is 0 Å². The third-order valence-corrected chi connectivity index (χ3v) is 3.17. The Balaban J connectivity index is 1.79. The van der Waals surface area contributed by atoms with Crippen molar-refractivity contribution in [2.24, 2.45) is 0 Å². The van der Waals surface area contributed by atoms with E-state index in [1.165, 1.54) is 23.7 Å². The van der Waals surface area contributed by atoms with Crippen LogP contribution in [-0.2, 0) is 6.54 Å². The second-order valence-corrected chi connectivity index (χ2v) is 4.59. The highest BCUT2D eigenvalue weighted by molar-refractivity contribution is 7.07. The summed E-state index contributed by atoms with van der Waals surface area (Å²) in [5.41, 5.74) is 1.00. The standard InChI is InChI=1S/C12H13NO4S/c14-11(8-1-2-18-7-8)5-13-4-10-3-9(6-17-10)12(15)16/h1-3,6-7,11,13-14H,4-5H2,(H,15,16). The van der Waals surface area contributed by atoms with Gasteiger partial charge in [-0.3, -0.25) is 0 Å². The van der Waals surface area contributed by atoms with Gasteiger partial charge in [-0.2, -0.15) is 11.3 Å². The van der Waals surface area contributed by atoms with E-state index in [-0.39, 0.29) is 5.56 Å². The summed E-state index contributed by atoms with van der Waals surface area (Å²) in [4.78, 5) is 10.6. The number of carboxylic acids is 1. The van der Waals surface area contributed by atoms with E-state index in [2.05, 4.69) is 5.32 Å². The molecular formula is C12H13NO4S. The Morgan fingerprint density at radius 2 is 2.39 bits per heavy atom. The van der Waals surface area contributed by atoms with Crippen LogP contribution >= 0.6 is 11.3 Å². The lowest BCUT2D eigenvalue weighted by Gasteiger charge is -2.09. The lowest BCUT2D eigenvalue weighted by atomic mass is 10.2. The molecule has 0 spiro atoms. The third kappa shape index (κ3) is 3.19. The van der Waals surface area contributed by atoms with Gasteiger partial charge in [-0.15, -0.1) is 0 Å². The van der Waals surface area contributed by atoms with Crippen LogP contribution < -0.4 is 5.32 Å². The molecule has 96 valence electrons. The Morgan fingerprint density at radius 3 is 3.00 bits per heavy atom. The van der Waals surface area contributed by atoms with Gasteiger partial charge < -0.3 is 19.9 Å². The maximum atomic E-state index is 10.6. The molecule has 1 atom stereocenters. The molecule has 2 aromatic heterocycles. The highest BCUT2D eigenvalue weighted by atomic mass is 32.1. The summed E-state index contributed by atoms with van der Waals surface area (Å²) in [7, 11) is 0. The van der Waals surface area contributed by atoms with Gasteiger partial charge >= 0.3 is 5.97 Å². The molecule has 0 aliphatic heterocycles. The predicted molar refractivity (Wildman–Crippen MR) is 66.7 cm³/mol. The van der Waals surface area contributed by atoms with Crippen LogP contribution in [-0.4, -0.2) is 22.7 Å². The second-order valence-electron chi connectivity index (χ2n) is 3.81. The fourth-order valence-corrected chi connectivity index (χ4v) is 2.21. The van der Waals surface area contributed by atoms with E-state index in [0.29, 0.717) is 18.8 Å². The molecule has 2 heterocycles. The molecule has 0 fully saturated rings. The number of aromatic carboxylic acids is 1. The predicted octanol–water partition coefficient (Wildman–Crippen LogP) is 1.86. The van der Waals surface area contributed by atoms with Crippen molar-refractivity contribution in [3.63, 3.8) is 0 Å². The maximum Gasteiger partial charge on any atom is 0.338 e. The largest absolute Gasteiger partial charge is 0.478 e. The van der Waals surface area contributed by atoms with Crippen LogP contribution in [0.2, 0.25) is 0 Å². The molecule has 0 aliphatic carbocycles. The van der Waals surface area contributed by atoms with Gasteiger partial charge in [-0.05, 0) is 28.5 Å². The zero-order chi connectivity index (χ0) is 13.0. The number of aliphatic hydroxyl groups is 1. The van der Waals surface area contributed by atoms with Crippen molar-refractivity contribution < 1.29 is 19.4 Å². The molecule has 0 saturated heterocycles. The monoisotopic (exact) mass is 267 g/mol. The molecule has 3 N–H and O–H groups in total. The third-order valence-electron chi connectivity index (χ3n) is 2.47. The number of hydrogen-bond donors (Lipinski definition) is 3. The van der Waals surface area contributed by atoms with Gasteiger partial charge in [0.05, 0.1) is 18.2 Å². The van der Waals surface area contributed by atoms with Crippen LogP contribution in [0.1, 0.15) is 27.8 Å². The van der Waals surface area contributed by atoms with E-state index in [0.717, 1.165) is 5.56 Å². The van der Waals surface area contributed by atoms with Gasteiger partial charge in [0.25, 0.3) is 0 Å². The van der Waals surface area contributed by atoms with Crippen molar-refractivity contribution >= 4 is 17.3 Å². The van der Waals surface area contributed by atoms with Crippen LogP contribution in [0.5, 0.6) is 0 Å². The lowest BCUT2D eigenvalue weighted by Crippen LogP contribution is -2.20. The van der Waals surface area contributed by atoms with Gasteiger partial charge in [0.2, 0.25) is 0 Å². The summed E-state index contributed by atoms with van der Waals surface area (Å²) in [5.74, 6) is -0.478.